The van der Waals surface area contributed by atoms with Gasteiger partial charge in [-0.05, 0) is 26.0 Å². The highest BCUT2D eigenvalue weighted by Crippen LogP contribution is 2.30. The van der Waals surface area contributed by atoms with E-state index in [2.05, 4.69) is 19.1 Å². The largest absolute Gasteiger partial charge is 0.294 e. The molecule has 1 nitrogen and oxygen atoms in total. The molecule has 1 heterocycles. The van der Waals surface area contributed by atoms with Crippen molar-refractivity contribution in [2.24, 2.45) is 0 Å². The Morgan fingerprint density at radius 2 is 1.71 bits per heavy atom. The molecule has 0 amide bonds. The van der Waals surface area contributed by atoms with E-state index in [9.17, 15) is 4.79 Å². The fourth-order valence-corrected chi connectivity index (χ4v) is 2.49. The van der Waals surface area contributed by atoms with Crippen molar-refractivity contribution in [1.82, 2.24) is 0 Å². The number of rotatable bonds is 2. The molecule has 0 spiro atoms. The van der Waals surface area contributed by atoms with Crippen molar-refractivity contribution in [3.63, 3.8) is 0 Å². The first-order valence-electron chi connectivity index (χ1n) is 5.85. The smallest absolute Gasteiger partial charge is 0.160 e. The van der Waals surface area contributed by atoms with Crippen LogP contribution < -0.4 is 0 Å². The summed E-state index contributed by atoms with van der Waals surface area (Å²) in [5.74, 6) is 0.122. The molecule has 1 aromatic carbocycles. The van der Waals surface area contributed by atoms with Gasteiger partial charge in [-0.15, -0.1) is 11.3 Å². The Bertz CT molecular complexity index is 497. The highest BCUT2D eigenvalue weighted by molar-refractivity contribution is 7.15. The molecule has 0 aliphatic heterocycles. The van der Waals surface area contributed by atoms with Crippen LogP contribution in [0.25, 0.3) is 10.4 Å². The van der Waals surface area contributed by atoms with Crippen molar-refractivity contribution < 1.29 is 4.79 Å². The van der Waals surface area contributed by atoms with Gasteiger partial charge in [0.2, 0.25) is 0 Å². The molecule has 0 N–H and O–H groups in total. The minimum Gasteiger partial charge on any atom is -0.294 e. The molecule has 0 unspecified atom stereocenters. The van der Waals surface area contributed by atoms with E-state index in [0.29, 0.717) is 0 Å². The van der Waals surface area contributed by atoms with E-state index in [1.165, 1.54) is 9.75 Å². The number of thiophene rings is 1. The van der Waals surface area contributed by atoms with Gasteiger partial charge < -0.3 is 0 Å². The van der Waals surface area contributed by atoms with Crippen LogP contribution in [0.5, 0.6) is 0 Å². The number of aryl methyl sites for hydroxylation is 1. The van der Waals surface area contributed by atoms with Crippen LogP contribution in [0.2, 0.25) is 0 Å². The minimum atomic E-state index is 0.122. The molecular weight excluding hydrogens is 228 g/mol. The predicted molar refractivity (Wildman–Crippen MR) is 75.8 cm³/mol. The normalized spacial score (nSPS) is 9.41. The molecule has 0 bridgehead atoms. The summed E-state index contributed by atoms with van der Waals surface area (Å²) in [7, 11) is 0. The maximum absolute atomic E-state index is 11.5. The van der Waals surface area contributed by atoms with Gasteiger partial charge in [0, 0.05) is 20.9 Å². The van der Waals surface area contributed by atoms with Crippen LogP contribution in [0.3, 0.4) is 0 Å². The maximum atomic E-state index is 11.5. The lowest BCUT2D eigenvalue weighted by Crippen LogP contribution is -1.94. The summed E-state index contributed by atoms with van der Waals surface area (Å²) in [5, 5.41) is 0. The molecule has 90 valence electrons. The number of carbonyl (C=O) groups excluding carboxylic acids is 1. The van der Waals surface area contributed by atoms with Crippen molar-refractivity contribution in [2.75, 3.05) is 0 Å². The molecular formula is C15H18OS. The Labute approximate surface area is 107 Å². The average Bonchev–Trinajstić information content (AvgIpc) is 2.78. The van der Waals surface area contributed by atoms with Gasteiger partial charge in [-0.2, -0.15) is 0 Å². The molecule has 0 aliphatic carbocycles. The van der Waals surface area contributed by atoms with E-state index in [1.807, 2.05) is 38.1 Å². The first-order valence-corrected chi connectivity index (χ1v) is 6.67. The Morgan fingerprint density at radius 1 is 1.06 bits per heavy atom. The van der Waals surface area contributed by atoms with Crippen LogP contribution in [0, 0.1) is 6.92 Å². The molecule has 0 radical (unpaired) electrons. The van der Waals surface area contributed by atoms with Gasteiger partial charge >= 0.3 is 0 Å². The number of hydrogen-bond acceptors (Lipinski definition) is 2. The van der Waals surface area contributed by atoms with E-state index < -0.39 is 0 Å². The van der Waals surface area contributed by atoms with Crippen LogP contribution in [0.1, 0.15) is 36.0 Å². The minimum absolute atomic E-state index is 0.122. The summed E-state index contributed by atoms with van der Waals surface area (Å²) in [6, 6.07) is 11.9. The van der Waals surface area contributed by atoms with Gasteiger partial charge in [-0.3, -0.25) is 4.79 Å². The molecule has 0 saturated heterocycles. The van der Waals surface area contributed by atoms with E-state index in [-0.39, 0.29) is 5.78 Å². The van der Waals surface area contributed by atoms with E-state index in [4.69, 9.17) is 0 Å². The molecule has 0 aliphatic rings. The summed E-state index contributed by atoms with van der Waals surface area (Å²) >= 11 is 1.72. The van der Waals surface area contributed by atoms with Crippen molar-refractivity contribution in [2.45, 2.75) is 27.7 Å². The average molecular weight is 246 g/mol. The number of carbonyl (C=O) groups is 1. The van der Waals surface area contributed by atoms with Gasteiger partial charge in [0.15, 0.2) is 5.78 Å². The Morgan fingerprint density at radius 3 is 2.24 bits per heavy atom. The van der Waals surface area contributed by atoms with Gasteiger partial charge in [-0.25, -0.2) is 0 Å². The second-order valence-corrected chi connectivity index (χ2v) is 4.80. The van der Waals surface area contributed by atoms with Crippen molar-refractivity contribution in [3.05, 3.63) is 46.8 Å². The van der Waals surface area contributed by atoms with Crippen molar-refractivity contribution in [3.8, 4) is 10.4 Å². The van der Waals surface area contributed by atoms with Gasteiger partial charge in [0.25, 0.3) is 0 Å². The summed E-state index contributed by atoms with van der Waals surface area (Å²) < 4.78 is 0. The Kier molecular flexibility index (Phi) is 5.11. The Balaban J connectivity index is 0.000000686. The zero-order chi connectivity index (χ0) is 12.8. The summed E-state index contributed by atoms with van der Waals surface area (Å²) in [6.07, 6.45) is 0. The van der Waals surface area contributed by atoms with Crippen LogP contribution in [0.15, 0.2) is 36.4 Å². The zero-order valence-corrected chi connectivity index (χ0v) is 11.6. The van der Waals surface area contributed by atoms with E-state index in [1.54, 1.807) is 18.3 Å². The third kappa shape index (κ3) is 3.27. The highest BCUT2D eigenvalue weighted by atomic mass is 32.1. The van der Waals surface area contributed by atoms with Gasteiger partial charge in [0.1, 0.15) is 0 Å². The number of hydrogen-bond donors (Lipinski definition) is 0. The van der Waals surface area contributed by atoms with Crippen LogP contribution in [-0.4, -0.2) is 5.78 Å². The molecule has 0 atom stereocenters. The third-order valence-electron chi connectivity index (χ3n) is 2.31. The summed E-state index contributed by atoms with van der Waals surface area (Å²) in [6.45, 7) is 7.68. The van der Waals surface area contributed by atoms with Crippen LogP contribution in [-0.2, 0) is 0 Å². The molecule has 1 aromatic heterocycles. The molecule has 2 heteroatoms. The standard InChI is InChI=1S/C13H12OS.C2H6/c1-9-7-8-13(15-9)12-6-4-3-5-11(12)10(2)14;1-2/h3-8H,1-2H3;1-2H3. The number of ketones is 1. The second-order valence-electron chi connectivity index (χ2n) is 3.51. The SMILES string of the molecule is CC.CC(=O)c1ccccc1-c1ccc(C)s1. The third-order valence-corrected chi connectivity index (χ3v) is 3.35. The quantitative estimate of drug-likeness (QED) is 0.685. The van der Waals surface area contributed by atoms with Crippen molar-refractivity contribution in [1.29, 1.82) is 0 Å². The summed E-state index contributed by atoms with van der Waals surface area (Å²) in [5.41, 5.74) is 1.85. The summed E-state index contributed by atoms with van der Waals surface area (Å²) in [4.78, 5) is 13.9. The second kappa shape index (κ2) is 6.36. The van der Waals surface area contributed by atoms with Gasteiger partial charge in [0.05, 0.1) is 0 Å². The lowest BCUT2D eigenvalue weighted by molar-refractivity contribution is 0.101. The monoisotopic (exact) mass is 246 g/mol. The predicted octanol–water partition coefficient (Wildman–Crippen LogP) is 4.95. The van der Waals surface area contributed by atoms with Gasteiger partial charge in [-0.1, -0.05) is 38.1 Å². The number of Topliss-reactive ketones (excluding diaryl/α,β-unsaturated/α-hetero) is 1. The van der Waals surface area contributed by atoms with Crippen molar-refractivity contribution >= 4 is 17.1 Å². The lowest BCUT2D eigenvalue weighted by atomic mass is 10.0. The zero-order valence-electron chi connectivity index (χ0n) is 10.8. The highest BCUT2D eigenvalue weighted by Gasteiger charge is 2.09. The lowest BCUT2D eigenvalue weighted by Gasteiger charge is -2.03. The molecule has 2 aromatic rings. The first kappa shape index (κ1) is 13.7. The van der Waals surface area contributed by atoms with E-state index >= 15 is 0 Å². The molecule has 0 fully saturated rings. The van der Waals surface area contributed by atoms with E-state index in [0.717, 1.165) is 11.1 Å². The molecule has 0 saturated carbocycles. The maximum Gasteiger partial charge on any atom is 0.160 e. The van der Waals surface area contributed by atoms with Crippen LogP contribution in [0.4, 0.5) is 0 Å². The fraction of sp³-hybridized carbons (Fsp3) is 0.267. The fourth-order valence-electron chi connectivity index (χ4n) is 1.58. The topological polar surface area (TPSA) is 17.1 Å². The molecule has 17 heavy (non-hydrogen) atoms. The Hall–Kier alpha value is -1.41. The number of benzene rings is 1. The molecule has 2 rings (SSSR count). The first-order chi connectivity index (χ1) is 8.18. The van der Waals surface area contributed by atoms with Crippen LogP contribution >= 0.6 is 11.3 Å².